The Morgan fingerprint density at radius 2 is 1.31 bits per heavy atom. The SMILES string of the molecule is Cn1c2c(O)cccc2c(=O)c2c(O)c(C3CC(C)(C)Oc4cc(O)c5c(=O)c6cccc(O)c6n(C)c5c43)c3c(c21)C=CC(C)(C)O3. The van der Waals surface area contributed by atoms with Crippen LogP contribution in [0.15, 0.2) is 58.1 Å². The number of phenolic OH excluding ortho intramolecular Hbond substituents is 4. The van der Waals surface area contributed by atoms with E-state index in [1.165, 1.54) is 18.2 Å². The van der Waals surface area contributed by atoms with Gasteiger partial charge in [-0.2, -0.15) is 0 Å². The minimum Gasteiger partial charge on any atom is -0.507 e. The standard InChI is InChI=1S/C38H34N2O8/c1-37(2)14-13-19-31-28(34(45)18-10-8-11-21(41)29(18)39(31)5)35(46)26(36(19)48-37)20-16-38(3,4)47-24-15-23(43)27-32(25(20)24)40(6)30-17(33(27)44)9-7-12-22(30)42/h7-15,20,41-43,46H,16H2,1-6H3. The molecule has 0 aliphatic carbocycles. The van der Waals surface area contributed by atoms with Gasteiger partial charge < -0.3 is 39.0 Å². The molecule has 4 N–H and O–H groups in total. The average molecular weight is 647 g/mol. The molecule has 0 spiro atoms. The molecule has 0 saturated carbocycles. The van der Waals surface area contributed by atoms with Gasteiger partial charge in [-0.15, -0.1) is 0 Å². The fourth-order valence-electron chi connectivity index (χ4n) is 7.92. The topological polar surface area (TPSA) is 143 Å². The van der Waals surface area contributed by atoms with Crippen molar-refractivity contribution in [1.29, 1.82) is 0 Å². The molecule has 1 atom stereocenters. The Morgan fingerprint density at radius 3 is 1.94 bits per heavy atom. The molecule has 8 rings (SSSR count). The minimum absolute atomic E-state index is 0.0373. The lowest BCUT2D eigenvalue weighted by Gasteiger charge is -2.41. The van der Waals surface area contributed by atoms with Crippen molar-refractivity contribution < 1.29 is 29.9 Å². The fourth-order valence-corrected chi connectivity index (χ4v) is 7.92. The second-order valence-electron chi connectivity index (χ2n) is 14.0. The van der Waals surface area contributed by atoms with E-state index in [0.29, 0.717) is 51.2 Å². The summed E-state index contributed by atoms with van der Waals surface area (Å²) in [4.78, 5) is 28.3. The molecule has 1 unspecified atom stereocenters. The van der Waals surface area contributed by atoms with E-state index < -0.39 is 28.0 Å². The van der Waals surface area contributed by atoms with E-state index in [4.69, 9.17) is 9.47 Å². The lowest BCUT2D eigenvalue weighted by Crippen LogP contribution is -2.36. The maximum atomic E-state index is 14.3. The number of aryl methyl sites for hydroxylation is 2. The Hall–Kier alpha value is -5.64. The van der Waals surface area contributed by atoms with E-state index in [1.54, 1.807) is 47.5 Å². The smallest absolute Gasteiger partial charge is 0.201 e. The van der Waals surface area contributed by atoms with Gasteiger partial charge in [0.15, 0.2) is 0 Å². The fraction of sp³-hybridized carbons (Fsp3) is 0.263. The summed E-state index contributed by atoms with van der Waals surface area (Å²) in [6.07, 6.45) is 4.04. The monoisotopic (exact) mass is 646 g/mol. The van der Waals surface area contributed by atoms with Gasteiger partial charge in [-0.1, -0.05) is 12.1 Å². The second-order valence-corrected chi connectivity index (χ2v) is 14.0. The molecule has 10 nitrogen and oxygen atoms in total. The number of ether oxygens (including phenoxy) is 2. The van der Waals surface area contributed by atoms with Crippen LogP contribution in [-0.2, 0) is 14.1 Å². The van der Waals surface area contributed by atoms with Gasteiger partial charge in [-0.05, 0) is 70.5 Å². The van der Waals surface area contributed by atoms with Crippen LogP contribution in [0.1, 0.15) is 56.7 Å². The number of benzene rings is 4. The summed E-state index contributed by atoms with van der Waals surface area (Å²) in [5.74, 6) is -0.831. The van der Waals surface area contributed by atoms with Crippen molar-refractivity contribution in [3.63, 3.8) is 0 Å². The molecule has 0 radical (unpaired) electrons. The van der Waals surface area contributed by atoms with Crippen molar-refractivity contribution in [2.45, 2.75) is 51.2 Å². The molecule has 10 heteroatoms. The Labute approximate surface area is 273 Å². The van der Waals surface area contributed by atoms with Gasteiger partial charge in [0, 0.05) is 42.8 Å². The third-order valence-electron chi connectivity index (χ3n) is 9.86. The molecule has 2 aromatic heterocycles. The van der Waals surface area contributed by atoms with Crippen LogP contribution in [0.25, 0.3) is 49.7 Å². The summed E-state index contributed by atoms with van der Waals surface area (Å²) in [5, 5.41) is 46.1. The number of hydrogen-bond acceptors (Lipinski definition) is 8. The van der Waals surface area contributed by atoms with Crippen LogP contribution in [0, 0.1) is 0 Å². The number of para-hydroxylation sites is 2. The van der Waals surface area contributed by atoms with Crippen molar-refractivity contribution >= 4 is 49.7 Å². The predicted molar refractivity (Wildman–Crippen MR) is 185 cm³/mol. The first-order valence-corrected chi connectivity index (χ1v) is 15.7. The maximum Gasteiger partial charge on any atom is 0.201 e. The highest BCUT2D eigenvalue weighted by Crippen LogP contribution is 2.56. The molecule has 0 bridgehead atoms. The van der Waals surface area contributed by atoms with Crippen LogP contribution < -0.4 is 20.3 Å². The quantitative estimate of drug-likeness (QED) is 0.150. The average Bonchev–Trinajstić information content (AvgIpc) is 3.00. The molecule has 2 aliphatic rings. The van der Waals surface area contributed by atoms with E-state index in [2.05, 4.69) is 0 Å². The predicted octanol–water partition coefficient (Wildman–Crippen LogP) is 6.40. The number of aromatic hydroxyl groups is 4. The molecule has 6 aromatic rings. The van der Waals surface area contributed by atoms with E-state index in [-0.39, 0.29) is 50.1 Å². The highest BCUT2D eigenvalue weighted by atomic mass is 16.5. The van der Waals surface area contributed by atoms with E-state index >= 15 is 0 Å². The molecular weight excluding hydrogens is 612 g/mol. The van der Waals surface area contributed by atoms with Crippen LogP contribution >= 0.6 is 0 Å². The number of aromatic nitrogens is 2. The number of rotatable bonds is 1. The number of fused-ring (bicyclic) bond motifs is 8. The maximum absolute atomic E-state index is 14.3. The Kier molecular flexibility index (Phi) is 5.87. The van der Waals surface area contributed by atoms with Crippen molar-refractivity contribution in [2.24, 2.45) is 14.1 Å². The number of phenols is 4. The van der Waals surface area contributed by atoms with Gasteiger partial charge in [-0.3, -0.25) is 9.59 Å². The molecule has 4 aromatic carbocycles. The summed E-state index contributed by atoms with van der Waals surface area (Å²) < 4.78 is 16.5. The third kappa shape index (κ3) is 3.85. The first kappa shape index (κ1) is 29.7. The Bertz CT molecular complexity index is 2610. The van der Waals surface area contributed by atoms with Crippen molar-refractivity contribution in [3.05, 3.63) is 85.7 Å². The van der Waals surface area contributed by atoms with Crippen LogP contribution in [-0.4, -0.2) is 40.8 Å². The van der Waals surface area contributed by atoms with Gasteiger partial charge in [-0.25, -0.2) is 0 Å². The second kappa shape index (κ2) is 9.47. The molecular formula is C38H34N2O8. The van der Waals surface area contributed by atoms with Gasteiger partial charge in [0.2, 0.25) is 10.9 Å². The summed E-state index contributed by atoms with van der Waals surface area (Å²) >= 11 is 0. The number of pyridine rings is 2. The summed E-state index contributed by atoms with van der Waals surface area (Å²) in [6, 6.07) is 10.8. The molecule has 244 valence electrons. The van der Waals surface area contributed by atoms with E-state index in [1.807, 2.05) is 39.8 Å². The summed E-state index contributed by atoms with van der Waals surface area (Å²) in [6.45, 7) is 7.55. The highest BCUT2D eigenvalue weighted by Gasteiger charge is 2.43. The van der Waals surface area contributed by atoms with Crippen molar-refractivity contribution in [3.8, 4) is 34.5 Å². The van der Waals surface area contributed by atoms with Crippen molar-refractivity contribution in [2.75, 3.05) is 0 Å². The molecule has 0 saturated heterocycles. The lowest BCUT2D eigenvalue weighted by molar-refractivity contribution is 0.0762. The van der Waals surface area contributed by atoms with Gasteiger partial charge in [0.1, 0.15) is 45.7 Å². The third-order valence-corrected chi connectivity index (χ3v) is 9.86. The normalized spacial score (nSPS) is 17.8. The Balaban J connectivity index is 1.60. The molecule has 0 amide bonds. The first-order valence-electron chi connectivity index (χ1n) is 15.7. The highest BCUT2D eigenvalue weighted by molar-refractivity contribution is 6.05. The Morgan fingerprint density at radius 1 is 0.729 bits per heavy atom. The summed E-state index contributed by atoms with van der Waals surface area (Å²) in [7, 11) is 3.43. The van der Waals surface area contributed by atoms with Crippen LogP contribution in [0.5, 0.6) is 34.5 Å². The largest absolute Gasteiger partial charge is 0.507 e. The number of hydrogen-bond donors (Lipinski definition) is 4. The molecule has 2 aliphatic heterocycles. The van der Waals surface area contributed by atoms with E-state index in [9.17, 15) is 30.0 Å². The van der Waals surface area contributed by atoms with E-state index in [0.717, 1.165) is 0 Å². The van der Waals surface area contributed by atoms with Gasteiger partial charge in [0.25, 0.3) is 0 Å². The molecule has 48 heavy (non-hydrogen) atoms. The van der Waals surface area contributed by atoms with Gasteiger partial charge in [0.05, 0.1) is 43.6 Å². The zero-order valence-electron chi connectivity index (χ0n) is 27.3. The summed E-state index contributed by atoms with van der Waals surface area (Å²) in [5.41, 5.74) is 0.132. The molecule has 0 fully saturated rings. The number of nitrogens with zero attached hydrogens (tertiary/aromatic N) is 2. The van der Waals surface area contributed by atoms with Crippen LogP contribution in [0.2, 0.25) is 0 Å². The lowest BCUT2D eigenvalue weighted by atomic mass is 9.76. The molecule has 4 heterocycles. The minimum atomic E-state index is -0.829. The van der Waals surface area contributed by atoms with Crippen LogP contribution in [0.4, 0.5) is 0 Å². The van der Waals surface area contributed by atoms with Crippen LogP contribution in [0.3, 0.4) is 0 Å². The van der Waals surface area contributed by atoms with Gasteiger partial charge >= 0.3 is 0 Å². The first-order chi connectivity index (χ1) is 22.6. The zero-order valence-corrected chi connectivity index (χ0v) is 27.3. The zero-order chi connectivity index (χ0) is 34.2. The van der Waals surface area contributed by atoms with Crippen molar-refractivity contribution in [1.82, 2.24) is 9.13 Å².